The Morgan fingerprint density at radius 3 is 2.79 bits per heavy atom. The summed E-state index contributed by atoms with van der Waals surface area (Å²) in [6.07, 6.45) is 2.13. The summed E-state index contributed by atoms with van der Waals surface area (Å²) in [6, 6.07) is 12.0. The fourth-order valence-corrected chi connectivity index (χ4v) is 5.58. The van der Waals surface area contributed by atoms with Crippen molar-refractivity contribution in [1.82, 2.24) is 5.43 Å². The summed E-state index contributed by atoms with van der Waals surface area (Å²) in [4.78, 5) is 12.1. The lowest BCUT2D eigenvalue weighted by molar-refractivity contribution is -0.121. The van der Waals surface area contributed by atoms with Crippen LogP contribution in [-0.2, 0) is 4.79 Å². The van der Waals surface area contributed by atoms with Crippen molar-refractivity contribution in [2.75, 3.05) is 18.6 Å². The number of hydrogen-bond donors (Lipinski definition) is 1. The number of hydrogen-bond acceptors (Lipinski definition) is 5. The number of nitrogens with one attached hydrogen (secondary N) is 1. The van der Waals surface area contributed by atoms with Gasteiger partial charge >= 0.3 is 0 Å². The number of amides is 1. The Morgan fingerprint density at radius 2 is 2.04 bits per heavy atom. The molecule has 0 aromatic heterocycles. The van der Waals surface area contributed by atoms with Crippen LogP contribution < -0.4 is 10.2 Å². The van der Waals surface area contributed by atoms with Crippen molar-refractivity contribution >= 4 is 46.4 Å². The molecule has 0 saturated carbocycles. The third-order valence-corrected chi connectivity index (χ3v) is 7.21. The quantitative estimate of drug-likeness (QED) is 0.649. The number of carbonyl (C=O) groups excluding carboxylic acids is 1. The standard InChI is InChI=1S/C18H20N2O2S2/c1-18(23-9-10-24-18)11-17(21)20-19-12-15-14-6-4-3-5-13(14)7-8-16(15)22-2/h3-8,12H,9-11H2,1-2H3,(H,20,21)/b19-12-. The maximum absolute atomic E-state index is 12.1. The largest absolute Gasteiger partial charge is 0.496 e. The highest BCUT2D eigenvalue weighted by Crippen LogP contribution is 2.45. The fourth-order valence-electron chi connectivity index (χ4n) is 2.75. The van der Waals surface area contributed by atoms with Crippen LogP contribution in [0.2, 0.25) is 0 Å². The second-order valence-corrected chi connectivity index (χ2v) is 9.16. The summed E-state index contributed by atoms with van der Waals surface area (Å²) < 4.78 is 5.39. The molecular formula is C18H20N2O2S2. The normalized spacial score (nSPS) is 16.6. The van der Waals surface area contributed by atoms with Crippen molar-refractivity contribution in [1.29, 1.82) is 0 Å². The Kier molecular flexibility index (Phi) is 5.36. The molecule has 6 heteroatoms. The van der Waals surface area contributed by atoms with Gasteiger partial charge in [-0.05, 0) is 23.8 Å². The zero-order valence-corrected chi connectivity index (χ0v) is 15.4. The Hall–Kier alpha value is -1.66. The SMILES string of the molecule is COc1ccc2ccccc2c1/C=N\NC(=O)CC1(C)SCCS1. The Bertz CT molecular complexity index is 771. The van der Waals surface area contributed by atoms with Crippen LogP contribution in [-0.4, -0.2) is 34.8 Å². The van der Waals surface area contributed by atoms with Gasteiger partial charge in [0.25, 0.3) is 0 Å². The van der Waals surface area contributed by atoms with E-state index in [0.717, 1.165) is 33.6 Å². The lowest BCUT2D eigenvalue weighted by Crippen LogP contribution is -2.26. The van der Waals surface area contributed by atoms with E-state index in [1.54, 1.807) is 13.3 Å². The lowest BCUT2D eigenvalue weighted by atomic mass is 10.0. The molecule has 0 spiro atoms. The molecule has 2 aromatic rings. The summed E-state index contributed by atoms with van der Waals surface area (Å²) in [7, 11) is 1.63. The average molecular weight is 361 g/mol. The molecule has 1 N–H and O–H groups in total. The number of rotatable bonds is 5. The molecule has 24 heavy (non-hydrogen) atoms. The molecule has 1 fully saturated rings. The Balaban J connectivity index is 1.74. The molecule has 1 heterocycles. The molecule has 3 rings (SSSR count). The smallest absolute Gasteiger partial charge is 0.242 e. The number of thioether (sulfide) groups is 2. The first-order chi connectivity index (χ1) is 11.6. The van der Waals surface area contributed by atoms with Crippen molar-refractivity contribution in [3.63, 3.8) is 0 Å². The minimum Gasteiger partial charge on any atom is -0.496 e. The molecule has 126 valence electrons. The number of methoxy groups -OCH3 is 1. The van der Waals surface area contributed by atoms with Gasteiger partial charge in [0, 0.05) is 17.1 Å². The summed E-state index contributed by atoms with van der Waals surface area (Å²) in [5.41, 5.74) is 3.51. The molecule has 0 radical (unpaired) electrons. The summed E-state index contributed by atoms with van der Waals surface area (Å²) in [5.74, 6) is 2.88. The van der Waals surface area contributed by atoms with Crippen LogP contribution in [0, 0.1) is 0 Å². The summed E-state index contributed by atoms with van der Waals surface area (Å²) in [6.45, 7) is 2.12. The van der Waals surface area contributed by atoms with E-state index in [9.17, 15) is 4.79 Å². The molecule has 2 aromatic carbocycles. The molecule has 0 atom stereocenters. The topological polar surface area (TPSA) is 50.7 Å². The van der Waals surface area contributed by atoms with Gasteiger partial charge in [-0.1, -0.05) is 30.3 Å². The van der Waals surface area contributed by atoms with Gasteiger partial charge in [-0.15, -0.1) is 23.5 Å². The third-order valence-electron chi connectivity index (χ3n) is 3.91. The van der Waals surface area contributed by atoms with E-state index < -0.39 is 0 Å². The first-order valence-electron chi connectivity index (χ1n) is 7.77. The van der Waals surface area contributed by atoms with Crippen molar-refractivity contribution in [3.05, 3.63) is 42.0 Å². The first kappa shape index (κ1) is 17.2. The van der Waals surface area contributed by atoms with Crippen LogP contribution in [0.5, 0.6) is 5.75 Å². The van der Waals surface area contributed by atoms with Crippen LogP contribution in [0.4, 0.5) is 0 Å². The summed E-state index contributed by atoms with van der Waals surface area (Å²) in [5, 5.41) is 6.30. The fraction of sp³-hybridized carbons (Fsp3) is 0.333. The Labute approximate surface area is 150 Å². The molecule has 4 nitrogen and oxygen atoms in total. The molecule has 0 aliphatic carbocycles. The minimum atomic E-state index is -0.0603. The number of fused-ring (bicyclic) bond motifs is 1. The predicted molar refractivity (Wildman–Crippen MR) is 104 cm³/mol. The number of ether oxygens (including phenoxy) is 1. The Morgan fingerprint density at radius 1 is 1.29 bits per heavy atom. The van der Waals surface area contributed by atoms with Crippen LogP contribution in [0.3, 0.4) is 0 Å². The van der Waals surface area contributed by atoms with Crippen LogP contribution in [0.25, 0.3) is 10.8 Å². The zero-order valence-electron chi connectivity index (χ0n) is 13.7. The van der Waals surface area contributed by atoms with Crippen LogP contribution >= 0.6 is 23.5 Å². The average Bonchev–Trinajstić information content (AvgIpc) is 3.01. The number of carbonyl (C=O) groups is 1. The minimum absolute atomic E-state index is 0.0310. The van der Waals surface area contributed by atoms with Crippen LogP contribution in [0.15, 0.2) is 41.5 Å². The second-order valence-electron chi connectivity index (χ2n) is 5.70. The summed E-state index contributed by atoms with van der Waals surface area (Å²) >= 11 is 3.68. The molecule has 0 unspecified atom stereocenters. The number of benzene rings is 2. The van der Waals surface area contributed by atoms with Gasteiger partial charge < -0.3 is 4.74 Å². The number of hydrazone groups is 1. The van der Waals surface area contributed by atoms with Gasteiger partial charge in [-0.2, -0.15) is 5.10 Å². The van der Waals surface area contributed by atoms with E-state index in [2.05, 4.69) is 17.5 Å². The molecule has 1 saturated heterocycles. The van der Waals surface area contributed by atoms with Gasteiger partial charge in [0.15, 0.2) is 0 Å². The highest BCUT2D eigenvalue weighted by Gasteiger charge is 2.32. The maximum Gasteiger partial charge on any atom is 0.242 e. The first-order valence-corrected chi connectivity index (χ1v) is 9.74. The second kappa shape index (κ2) is 7.49. The number of nitrogens with zero attached hydrogens (tertiary/aromatic N) is 1. The molecular weight excluding hydrogens is 340 g/mol. The van der Waals surface area contributed by atoms with Crippen molar-refractivity contribution in [2.45, 2.75) is 17.4 Å². The third kappa shape index (κ3) is 3.87. The molecule has 0 bridgehead atoms. The maximum atomic E-state index is 12.1. The molecule has 1 amide bonds. The van der Waals surface area contributed by atoms with E-state index in [4.69, 9.17) is 4.74 Å². The highest BCUT2D eigenvalue weighted by atomic mass is 32.2. The van der Waals surface area contributed by atoms with E-state index in [-0.39, 0.29) is 9.99 Å². The lowest BCUT2D eigenvalue weighted by Gasteiger charge is -2.19. The van der Waals surface area contributed by atoms with Gasteiger partial charge in [0.05, 0.1) is 23.8 Å². The van der Waals surface area contributed by atoms with Crippen molar-refractivity contribution in [3.8, 4) is 5.75 Å². The molecule has 1 aliphatic heterocycles. The van der Waals surface area contributed by atoms with E-state index in [1.807, 2.05) is 59.9 Å². The van der Waals surface area contributed by atoms with Gasteiger partial charge in [-0.25, -0.2) is 5.43 Å². The van der Waals surface area contributed by atoms with Crippen LogP contribution in [0.1, 0.15) is 18.9 Å². The van der Waals surface area contributed by atoms with Crippen molar-refractivity contribution < 1.29 is 9.53 Å². The van der Waals surface area contributed by atoms with Gasteiger partial charge in [-0.3, -0.25) is 4.79 Å². The molecule has 1 aliphatic rings. The van der Waals surface area contributed by atoms with E-state index >= 15 is 0 Å². The van der Waals surface area contributed by atoms with Gasteiger partial charge in [0.1, 0.15) is 5.75 Å². The monoisotopic (exact) mass is 360 g/mol. The van der Waals surface area contributed by atoms with Gasteiger partial charge in [0.2, 0.25) is 5.91 Å². The highest BCUT2D eigenvalue weighted by molar-refractivity contribution is 8.21. The zero-order chi connectivity index (χ0) is 17.0. The van der Waals surface area contributed by atoms with E-state index in [0.29, 0.717) is 6.42 Å². The van der Waals surface area contributed by atoms with Crippen molar-refractivity contribution in [2.24, 2.45) is 5.10 Å². The van der Waals surface area contributed by atoms with E-state index in [1.165, 1.54) is 0 Å². The predicted octanol–water partition coefficient (Wildman–Crippen LogP) is 3.88.